The molecular formula is C14H16N4O. The van der Waals surface area contributed by atoms with Crippen molar-refractivity contribution in [1.82, 2.24) is 15.5 Å². The maximum Gasteiger partial charge on any atom is 0.174 e. The molecular weight excluding hydrogens is 240 g/mol. The number of nitriles is 1. The van der Waals surface area contributed by atoms with E-state index < -0.39 is 0 Å². The summed E-state index contributed by atoms with van der Waals surface area (Å²) in [6.45, 7) is 2.92. The van der Waals surface area contributed by atoms with Gasteiger partial charge in [0.1, 0.15) is 11.8 Å². The molecule has 0 aliphatic rings. The summed E-state index contributed by atoms with van der Waals surface area (Å²) in [5.41, 5.74) is 2.23. The van der Waals surface area contributed by atoms with Crippen molar-refractivity contribution in [3.63, 3.8) is 0 Å². The molecule has 5 heteroatoms. The number of ether oxygens (including phenoxy) is 1. The average Bonchev–Trinajstić information content (AvgIpc) is 2.96. The lowest BCUT2D eigenvalue weighted by molar-refractivity contribution is 0.368. The van der Waals surface area contributed by atoms with E-state index in [1.54, 1.807) is 6.20 Å². The average molecular weight is 256 g/mol. The molecule has 5 nitrogen and oxygen atoms in total. The lowest BCUT2D eigenvalue weighted by Gasteiger charge is -2.14. The first-order valence-electron chi connectivity index (χ1n) is 6.11. The van der Waals surface area contributed by atoms with Gasteiger partial charge in [0.25, 0.3) is 0 Å². The van der Waals surface area contributed by atoms with Crippen LogP contribution < -0.4 is 10.1 Å². The zero-order chi connectivity index (χ0) is 13.5. The molecule has 1 aromatic heterocycles. The van der Waals surface area contributed by atoms with E-state index in [0.29, 0.717) is 5.75 Å². The van der Waals surface area contributed by atoms with E-state index in [1.165, 1.54) is 5.56 Å². The highest BCUT2D eigenvalue weighted by Crippen LogP contribution is 2.17. The van der Waals surface area contributed by atoms with Crippen molar-refractivity contribution in [3.05, 3.63) is 47.8 Å². The molecule has 1 heterocycles. The monoisotopic (exact) mass is 256 g/mol. The van der Waals surface area contributed by atoms with Crippen LogP contribution in [0.5, 0.6) is 5.75 Å². The predicted octanol–water partition coefficient (Wildman–Crippen LogP) is 2.16. The molecule has 0 saturated heterocycles. The topological polar surface area (TPSA) is 73.7 Å². The number of hydrogen-bond acceptors (Lipinski definition) is 4. The molecule has 0 aliphatic carbocycles. The maximum atomic E-state index is 8.44. The molecule has 1 aromatic carbocycles. The predicted molar refractivity (Wildman–Crippen MR) is 71.4 cm³/mol. The van der Waals surface area contributed by atoms with Crippen molar-refractivity contribution in [2.45, 2.75) is 19.5 Å². The van der Waals surface area contributed by atoms with Crippen LogP contribution in [0.2, 0.25) is 0 Å². The van der Waals surface area contributed by atoms with Gasteiger partial charge < -0.3 is 10.1 Å². The second kappa shape index (κ2) is 6.57. The van der Waals surface area contributed by atoms with Gasteiger partial charge in [0.15, 0.2) is 6.61 Å². The van der Waals surface area contributed by atoms with Crippen LogP contribution in [0, 0.1) is 11.3 Å². The molecule has 0 bridgehead atoms. The quantitative estimate of drug-likeness (QED) is 0.830. The standard InChI is InChI=1S/C14H16N4O/c1-11(16-10-13-6-8-17-18-13)12-2-4-14(5-3-12)19-9-7-15/h2-6,8,11,16H,9-10H2,1H3,(H,17,18). The molecule has 1 atom stereocenters. The molecule has 0 radical (unpaired) electrons. The van der Waals surface area contributed by atoms with Crippen molar-refractivity contribution >= 4 is 0 Å². The van der Waals surface area contributed by atoms with Crippen molar-refractivity contribution < 1.29 is 4.74 Å². The third-order valence-corrected chi connectivity index (χ3v) is 2.84. The molecule has 2 aromatic rings. The van der Waals surface area contributed by atoms with Gasteiger partial charge in [0, 0.05) is 24.5 Å². The first-order valence-corrected chi connectivity index (χ1v) is 6.11. The van der Waals surface area contributed by atoms with Crippen LogP contribution in [0.1, 0.15) is 24.2 Å². The number of nitrogens with one attached hydrogen (secondary N) is 2. The van der Waals surface area contributed by atoms with E-state index in [1.807, 2.05) is 36.4 Å². The van der Waals surface area contributed by atoms with Gasteiger partial charge in [-0.2, -0.15) is 10.4 Å². The van der Waals surface area contributed by atoms with Crippen molar-refractivity contribution in [1.29, 1.82) is 5.26 Å². The van der Waals surface area contributed by atoms with E-state index in [4.69, 9.17) is 10.00 Å². The van der Waals surface area contributed by atoms with Crippen molar-refractivity contribution in [2.75, 3.05) is 6.61 Å². The van der Waals surface area contributed by atoms with Gasteiger partial charge in [0.2, 0.25) is 0 Å². The van der Waals surface area contributed by atoms with Gasteiger partial charge in [-0.1, -0.05) is 12.1 Å². The van der Waals surface area contributed by atoms with Crippen LogP contribution in [0.25, 0.3) is 0 Å². The normalized spacial score (nSPS) is 11.8. The first kappa shape index (κ1) is 13.1. The minimum Gasteiger partial charge on any atom is -0.479 e. The van der Waals surface area contributed by atoms with Crippen molar-refractivity contribution in [2.24, 2.45) is 0 Å². The fourth-order valence-electron chi connectivity index (χ4n) is 1.73. The summed E-state index contributed by atoms with van der Waals surface area (Å²) in [5, 5.41) is 18.7. The summed E-state index contributed by atoms with van der Waals surface area (Å²) in [6, 6.07) is 11.9. The maximum absolute atomic E-state index is 8.44. The molecule has 1 unspecified atom stereocenters. The Labute approximate surface area is 112 Å². The molecule has 0 aliphatic heterocycles. The van der Waals surface area contributed by atoms with E-state index >= 15 is 0 Å². The Morgan fingerprint density at radius 2 is 2.16 bits per heavy atom. The van der Waals surface area contributed by atoms with Gasteiger partial charge in [-0.25, -0.2) is 0 Å². The Morgan fingerprint density at radius 3 is 2.79 bits per heavy atom. The lowest BCUT2D eigenvalue weighted by atomic mass is 10.1. The number of benzene rings is 1. The summed E-state index contributed by atoms with van der Waals surface area (Å²) >= 11 is 0. The molecule has 0 fully saturated rings. The van der Waals surface area contributed by atoms with E-state index in [0.717, 1.165) is 12.2 Å². The lowest BCUT2D eigenvalue weighted by Crippen LogP contribution is -2.18. The largest absolute Gasteiger partial charge is 0.479 e. The number of rotatable bonds is 6. The summed E-state index contributed by atoms with van der Waals surface area (Å²) in [6.07, 6.45) is 1.74. The molecule has 2 rings (SSSR count). The van der Waals surface area contributed by atoms with E-state index in [-0.39, 0.29) is 12.6 Å². The first-order chi connectivity index (χ1) is 9.29. The van der Waals surface area contributed by atoms with Crippen LogP contribution >= 0.6 is 0 Å². The fraction of sp³-hybridized carbons (Fsp3) is 0.286. The van der Waals surface area contributed by atoms with Crippen LogP contribution in [-0.2, 0) is 6.54 Å². The molecule has 0 spiro atoms. The van der Waals surface area contributed by atoms with Crippen molar-refractivity contribution in [3.8, 4) is 11.8 Å². The van der Waals surface area contributed by atoms with Crippen LogP contribution in [0.3, 0.4) is 0 Å². The van der Waals surface area contributed by atoms with Gasteiger partial charge in [-0.15, -0.1) is 0 Å². The third-order valence-electron chi connectivity index (χ3n) is 2.84. The zero-order valence-corrected chi connectivity index (χ0v) is 10.8. The van der Waals surface area contributed by atoms with Gasteiger partial charge >= 0.3 is 0 Å². The van der Waals surface area contributed by atoms with Gasteiger partial charge in [0.05, 0.1) is 0 Å². The summed E-state index contributed by atoms with van der Waals surface area (Å²) < 4.78 is 5.21. The highest BCUT2D eigenvalue weighted by molar-refractivity contribution is 5.29. The molecule has 98 valence electrons. The number of aromatic nitrogens is 2. The highest BCUT2D eigenvalue weighted by atomic mass is 16.5. The van der Waals surface area contributed by atoms with Crippen LogP contribution in [-0.4, -0.2) is 16.8 Å². The second-order valence-electron chi connectivity index (χ2n) is 4.20. The smallest absolute Gasteiger partial charge is 0.174 e. The zero-order valence-electron chi connectivity index (χ0n) is 10.8. The Morgan fingerprint density at radius 1 is 1.37 bits per heavy atom. The SMILES string of the molecule is CC(NCc1ccn[nH]1)c1ccc(OCC#N)cc1. The van der Waals surface area contributed by atoms with Gasteiger partial charge in [-0.05, 0) is 30.7 Å². The minimum atomic E-state index is 0.0764. The Balaban J connectivity index is 1.88. The van der Waals surface area contributed by atoms with E-state index in [9.17, 15) is 0 Å². The van der Waals surface area contributed by atoms with E-state index in [2.05, 4.69) is 22.4 Å². The molecule has 19 heavy (non-hydrogen) atoms. The number of hydrogen-bond donors (Lipinski definition) is 2. The number of aromatic amines is 1. The Kier molecular flexibility index (Phi) is 4.54. The number of H-pyrrole nitrogens is 1. The van der Waals surface area contributed by atoms with Gasteiger partial charge in [-0.3, -0.25) is 5.10 Å². The summed E-state index contributed by atoms with van der Waals surface area (Å²) in [5.74, 6) is 0.714. The van der Waals surface area contributed by atoms with Crippen LogP contribution in [0.4, 0.5) is 0 Å². The molecule has 2 N–H and O–H groups in total. The molecule has 0 saturated carbocycles. The highest BCUT2D eigenvalue weighted by Gasteiger charge is 2.05. The Bertz CT molecular complexity index is 528. The third kappa shape index (κ3) is 3.83. The minimum absolute atomic E-state index is 0.0764. The second-order valence-corrected chi connectivity index (χ2v) is 4.20. The summed E-state index contributed by atoms with van der Waals surface area (Å²) in [7, 11) is 0. The fourth-order valence-corrected chi connectivity index (χ4v) is 1.73. The molecule has 0 amide bonds. The summed E-state index contributed by atoms with van der Waals surface area (Å²) in [4.78, 5) is 0. The number of nitrogens with zero attached hydrogens (tertiary/aromatic N) is 2. The van der Waals surface area contributed by atoms with Crippen LogP contribution in [0.15, 0.2) is 36.5 Å². The Hall–Kier alpha value is -2.32.